The van der Waals surface area contributed by atoms with Crippen LogP contribution >= 0.6 is 0 Å². The van der Waals surface area contributed by atoms with E-state index in [9.17, 15) is 0 Å². The molecule has 0 aliphatic carbocycles. The molecule has 21 heavy (non-hydrogen) atoms. The molecule has 5 heteroatoms. The molecule has 102 valence electrons. The van der Waals surface area contributed by atoms with Crippen molar-refractivity contribution in [2.24, 2.45) is 0 Å². The Kier molecular flexibility index (Phi) is 2.74. The normalized spacial score (nSPS) is 11.0. The van der Waals surface area contributed by atoms with E-state index in [1.807, 2.05) is 30.3 Å². The lowest BCUT2D eigenvalue weighted by Crippen LogP contribution is -1.88. The molecule has 5 nitrogen and oxygen atoms in total. The zero-order valence-corrected chi connectivity index (χ0v) is 11.1. The quantitative estimate of drug-likeness (QED) is 0.573. The van der Waals surface area contributed by atoms with Gasteiger partial charge in [-0.2, -0.15) is 4.98 Å². The third-order valence-electron chi connectivity index (χ3n) is 3.29. The average Bonchev–Trinajstić information content (AvgIpc) is 3.19. The molecule has 2 aromatic carbocycles. The molecular formula is C16H11N3O2. The monoisotopic (exact) mass is 277 g/mol. The Labute approximate surface area is 120 Å². The number of nitrogens with zero attached hydrogens (tertiary/aromatic N) is 3. The molecule has 0 atom stereocenters. The van der Waals surface area contributed by atoms with Crippen molar-refractivity contribution in [3.8, 4) is 11.5 Å². The summed E-state index contributed by atoms with van der Waals surface area (Å²) < 4.78 is 10.4. The molecule has 2 heterocycles. The molecule has 0 aliphatic rings. The van der Waals surface area contributed by atoms with Gasteiger partial charge in [0, 0.05) is 11.6 Å². The third-order valence-corrected chi connectivity index (χ3v) is 3.29. The highest BCUT2D eigenvalue weighted by atomic mass is 16.5. The highest BCUT2D eigenvalue weighted by molar-refractivity contribution is 5.86. The Morgan fingerprint density at radius 1 is 0.905 bits per heavy atom. The summed E-state index contributed by atoms with van der Waals surface area (Å²) in [5, 5.41) is 9.96. The number of rotatable bonds is 3. The largest absolute Gasteiger partial charge is 0.361 e. The van der Waals surface area contributed by atoms with Crippen LogP contribution in [0, 0.1) is 0 Å². The molecule has 0 radical (unpaired) electrons. The second kappa shape index (κ2) is 4.86. The molecule has 0 unspecified atom stereocenters. The first-order valence-electron chi connectivity index (χ1n) is 6.60. The van der Waals surface area contributed by atoms with Crippen molar-refractivity contribution in [2.45, 2.75) is 6.42 Å². The molecule has 0 spiro atoms. The Morgan fingerprint density at radius 2 is 1.81 bits per heavy atom. The van der Waals surface area contributed by atoms with E-state index in [4.69, 9.17) is 9.05 Å². The standard InChI is InChI=1S/C16H11N3O2/c1-2-4-12-9-13(6-5-11(12)3-1)16-18-15(19-21-16)10-14-7-8-17-20-14/h1-9H,10H2. The SMILES string of the molecule is c1ccc2cc(-c3nc(Cc4ccno4)no3)ccc2c1. The van der Waals surface area contributed by atoms with Crippen molar-refractivity contribution in [2.75, 3.05) is 0 Å². The molecule has 0 saturated carbocycles. The van der Waals surface area contributed by atoms with Crippen LogP contribution in [0.3, 0.4) is 0 Å². The minimum atomic E-state index is 0.469. The van der Waals surface area contributed by atoms with Crippen LogP contribution < -0.4 is 0 Å². The van der Waals surface area contributed by atoms with E-state index in [0.717, 1.165) is 10.9 Å². The third kappa shape index (κ3) is 2.29. The van der Waals surface area contributed by atoms with Gasteiger partial charge in [0.25, 0.3) is 5.89 Å². The van der Waals surface area contributed by atoms with E-state index in [0.29, 0.717) is 23.9 Å². The van der Waals surface area contributed by atoms with Crippen molar-refractivity contribution in [3.05, 3.63) is 66.3 Å². The first kappa shape index (κ1) is 11.8. The maximum Gasteiger partial charge on any atom is 0.257 e. The molecule has 0 bridgehead atoms. The van der Waals surface area contributed by atoms with Crippen molar-refractivity contribution in [1.29, 1.82) is 0 Å². The van der Waals surface area contributed by atoms with Crippen LogP contribution in [0.1, 0.15) is 11.6 Å². The zero-order chi connectivity index (χ0) is 14.1. The lowest BCUT2D eigenvalue weighted by Gasteiger charge is -1.98. The highest BCUT2D eigenvalue weighted by Gasteiger charge is 2.11. The van der Waals surface area contributed by atoms with Gasteiger partial charge >= 0.3 is 0 Å². The minimum Gasteiger partial charge on any atom is -0.361 e. The molecule has 4 rings (SSSR count). The summed E-state index contributed by atoms with van der Waals surface area (Å²) in [6.45, 7) is 0. The molecule has 4 aromatic rings. The van der Waals surface area contributed by atoms with Crippen molar-refractivity contribution >= 4 is 10.8 Å². The van der Waals surface area contributed by atoms with E-state index in [1.54, 1.807) is 12.3 Å². The number of benzene rings is 2. The van der Waals surface area contributed by atoms with Gasteiger partial charge in [-0.15, -0.1) is 0 Å². The smallest absolute Gasteiger partial charge is 0.257 e. The molecule has 0 N–H and O–H groups in total. The summed E-state index contributed by atoms with van der Waals surface area (Å²) in [6.07, 6.45) is 2.07. The summed E-state index contributed by atoms with van der Waals surface area (Å²) in [6, 6.07) is 16.0. The minimum absolute atomic E-state index is 0.469. The van der Waals surface area contributed by atoms with Gasteiger partial charge in [-0.05, 0) is 22.9 Å². The van der Waals surface area contributed by atoms with Crippen LogP contribution in [0.4, 0.5) is 0 Å². The molecule has 0 aliphatic heterocycles. The summed E-state index contributed by atoms with van der Waals surface area (Å²) in [5.41, 5.74) is 0.907. The van der Waals surface area contributed by atoms with Gasteiger partial charge in [-0.1, -0.05) is 40.6 Å². The van der Waals surface area contributed by atoms with Gasteiger partial charge in [0.1, 0.15) is 5.76 Å². The van der Waals surface area contributed by atoms with Gasteiger partial charge in [0.2, 0.25) is 0 Å². The second-order valence-corrected chi connectivity index (χ2v) is 4.73. The molecular weight excluding hydrogens is 266 g/mol. The Bertz CT molecular complexity index is 881. The van der Waals surface area contributed by atoms with Gasteiger partial charge in [0.05, 0.1) is 12.6 Å². The number of hydrogen-bond acceptors (Lipinski definition) is 5. The molecule has 2 aromatic heterocycles. The van der Waals surface area contributed by atoms with Crippen LogP contribution in [0.5, 0.6) is 0 Å². The average molecular weight is 277 g/mol. The van der Waals surface area contributed by atoms with Crippen molar-refractivity contribution < 1.29 is 9.05 Å². The fourth-order valence-corrected chi connectivity index (χ4v) is 2.25. The maximum absolute atomic E-state index is 5.33. The van der Waals surface area contributed by atoms with Crippen LogP contribution in [-0.4, -0.2) is 15.3 Å². The number of aromatic nitrogens is 3. The van der Waals surface area contributed by atoms with Crippen LogP contribution in [0.2, 0.25) is 0 Å². The first-order chi connectivity index (χ1) is 10.4. The second-order valence-electron chi connectivity index (χ2n) is 4.73. The van der Waals surface area contributed by atoms with Gasteiger partial charge < -0.3 is 9.05 Å². The van der Waals surface area contributed by atoms with Crippen LogP contribution in [-0.2, 0) is 6.42 Å². The predicted octanol–water partition coefficient (Wildman–Crippen LogP) is 3.47. The summed E-state index contributed by atoms with van der Waals surface area (Å²) in [7, 11) is 0. The Hall–Kier alpha value is -2.95. The van der Waals surface area contributed by atoms with Crippen LogP contribution in [0.25, 0.3) is 22.2 Å². The molecule has 0 amide bonds. The number of fused-ring (bicyclic) bond motifs is 1. The van der Waals surface area contributed by atoms with Gasteiger partial charge in [-0.3, -0.25) is 0 Å². The first-order valence-corrected chi connectivity index (χ1v) is 6.60. The van der Waals surface area contributed by atoms with E-state index in [1.165, 1.54) is 5.39 Å². The highest BCUT2D eigenvalue weighted by Crippen LogP contribution is 2.23. The van der Waals surface area contributed by atoms with Crippen LogP contribution in [0.15, 0.2) is 63.8 Å². The van der Waals surface area contributed by atoms with Crippen molar-refractivity contribution in [3.63, 3.8) is 0 Å². The number of hydrogen-bond donors (Lipinski definition) is 0. The predicted molar refractivity (Wildman–Crippen MR) is 76.5 cm³/mol. The fourth-order valence-electron chi connectivity index (χ4n) is 2.25. The lowest BCUT2D eigenvalue weighted by atomic mass is 10.1. The van der Waals surface area contributed by atoms with Crippen molar-refractivity contribution in [1.82, 2.24) is 15.3 Å². The zero-order valence-electron chi connectivity index (χ0n) is 11.1. The fraction of sp³-hybridized carbons (Fsp3) is 0.0625. The molecule has 0 saturated heterocycles. The summed E-state index contributed by atoms with van der Waals surface area (Å²) in [4.78, 5) is 4.40. The Morgan fingerprint density at radius 3 is 2.67 bits per heavy atom. The summed E-state index contributed by atoms with van der Waals surface area (Å²) in [5.74, 6) is 1.80. The Balaban J connectivity index is 1.67. The lowest BCUT2D eigenvalue weighted by molar-refractivity contribution is 0.382. The van der Waals surface area contributed by atoms with E-state index in [-0.39, 0.29) is 0 Å². The maximum atomic E-state index is 5.33. The topological polar surface area (TPSA) is 65.0 Å². The van der Waals surface area contributed by atoms with Gasteiger partial charge in [0.15, 0.2) is 5.82 Å². The van der Waals surface area contributed by atoms with E-state index >= 15 is 0 Å². The van der Waals surface area contributed by atoms with E-state index < -0.39 is 0 Å². The summed E-state index contributed by atoms with van der Waals surface area (Å²) >= 11 is 0. The van der Waals surface area contributed by atoms with E-state index in [2.05, 4.69) is 27.4 Å². The molecule has 0 fully saturated rings. The van der Waals surface area contributed by atoms with Gasteiger partial charge in [-0.25, -0.2) is 0 Å².